The van der Waals surface area contributed by atoms with Crippen molar-refractivity contribution >= 4 is 40.6 Å². The molecule has 0 N–H and O–H groups in total. The summed E-state index contributed by atoms with van der Waals surface area (Å²) in [7, 11) is 3.10. The summed E-state index contributed by atoms with van der Waals surface area (Å²) in [6.07, 6.45) is 1.67. The largest absolute Gasteiger partial charge is 0.493 e. The molecule has 2 aromatic rings. The third kappa shape index (κ3) is 3.86. The second kappa shape index (κ2) is 7.85. The summed E-state index contributed by atoms with van der Waals surface area (Å²) in [6.45, 7) is 0.189. The number of rotatable bonds is 5. The zero-order valence-corrected chi connectivity index (χ0v) is 15.8. The molecule has 0 aliphatic carbocycles. The van der Waals surface area contributed by atoms with Crippen molar-refractivity contribution in [2.75, 3.05) is 14.2 Å². The number of amides is 2. The molecule has 0 aromatic heterocycles. The number of halogens is 1. The van der Waals surface area contributed by atoms with Crippen molar-refractivity contribution in [1.29, 1.82) is 0 Å². The van der Waals surface area contributed by atoms with Gasteiger partial charge in [0, 0.05) is 5.02 Å². The maximum atomic E-state index is 12.6. The highest BCUT2D eigenvalue weighted by atomic mass is 35.5. The van der Waals surface area contributed by atoms with Gasteiger partial charge in [0.1, 0.15) is 0 Å². The molecule has 7 heteroatoms. The number of ether oxygens (including phenoxy) is 2. The van der Waals surface area contributed by atoms with Gasteiger partial charge in [-0.2, -0.15) is 0 Å². The van der Waals surface area contributed by atoms with Crippen molar-refractivity contribution in [3.8, 4) is 11.5 Å². The standard InChI is InChI=1S/C19H16ClNO4S/c1-24-15-7-6-12(9-16(15)25-2)10-17-18(22)21(19(23)26-17)11-13-4-3-5-14(20)8-13/h3-10H,11H2,1-2H3/b17-10-. The molecular formula is C19H16ClNO4S. The molecule has 26 heavy (non-hydrogen) atoms. The van der Waals surface area contributed by atoms with Gasteiger partial charge >= 0.3 is 0 Å². The molecule has 1 saturated heterocycles. The van der Waals surface area contributed by atoms with Crippen LogP contribution in [0.25, 0.3) is 6.08 Å². The Morgan fingerprint density at radius 1 is 1.08 bits per heavy atom. The first-order valence-corrected chi connectivity index (χ1v) is 8.93. The molecule has 2 aromatic carbocycles. The van der Waals surface area contributed by atoms with Crippen molar-refractivity contribution in [2.45, 2.75) is 6.54 Å². The number of imide groups is 1. The second-order valence-electron chi connectivity index (χ2n) is 5.51. The Kier molecular flexibility index (Phi) is 5.54. The number of hydrogen-bond acceptors (Lipinski definition) is 5. The Morgan fingerprint density at radius 3 is 2.54 bits per heavy atom. The van der Waals surface area contributed by atoms with Gasteiger partial charge in [-0.25, -0.2) is 0 Å². The zero-order chi connectivity index (χ0) is 18.7. The number of carbonyl (C=O) groups excluding carboxylic acids is 2. The highest BCUT2D eigenvalue weighted by Gasteiger charge is 2.35. The van der Waals surface area contributed by atoms with Crippen molar-refractivity contribution in [2.24, 2.45) is 0 Å². The Hall–Kier alpha value is -2.44. The minimum absolute atomic E-state index is 0.189. The number of nitrogens with zero attached hydrogens (tertiary/aromatic N) is 1. The molecule has 0 bridgehead atoms. The molecular weight excluding hydrogens is 374 g/mol. The van der Waals surface area contributed by atoms with Gasteiger partial charge in [0.05, 0.1) is 25.7 Å². The number of carbonyl (C=O) groups is 2. The molecule has 5 nitrogen and oxygen atoms in total. The van der Waals surface area contributed by atoms with Crippen LogP contribution in [0.15, 0.2) is 47.4 Å². The summed E-state index contributed by atoms with van der Waals surface area (Å²) in [4.78, 5) is 26.4. The molecule has 1 heterocycles. The predicted octanol–water partition coefficient (Wildman–Crippen LogP) is 4.59. The van der Waals surface area contributed by atoms with Crippen LogP contribution >= 0.6 is 23.4 Å². The fourth-order valence-electron chi connectivity index (χ4n) is 2.55. The fraction of sp³-hybridized carbons (Fsp3) is 0.158. The molecule has 134 valence electrons. The lowest BCUT2D eigenvalue weighted by Gasteiger charge is -2.12. The Bertz CT molecular complexity index is 897. The lowest BCUT2D eigenvalue weighted by Crippen LogP contribution is -2.27. The van der Waals surface area contributed by atoms with Crippen LogP contribution in [-0.4, -0.2) is 30.3 Å². The quantitative estimate of drug-likeness (QED) is 0.700. The normalized spacial score (nSPS) is 15.7. The molecule has 0 radical (unpaired) electrons. The molecule has 0 spiro atoms. The summed E-state index contributed by atoms with van der Waals surface area (Å²) in [6, 6.07) is 12.4. The third-order valence-corrected chi connectivity index (χ3v) is 4.95. The average molecular weight is 390 g/mol. The number of hydrogen-bond donors (Lipinski definition) is 0. The van der Waals surface area contributed by atoms with Crippen LogP contribution < -0.4 is 9.47 Å². The van der Waals surface area contributed by atoms with Crippen LogP contribution in [0.1, 0.15) is 11.1 Å². The highest BCUT2D eigenvalue weighted by Crippen LogP contribution is 2.35. The SMILES string of the molecule is COc1ccc(/C=C2\SC(=O)N(Cc3cccc(Cl)c3)C2=O)cc1OC. The Morgan fingerprint density at radius 2 is 1.85 bits per heavy atom. The van der Waals surface area contributed by atoms with E-state index < -0.39 is 0 Å². The van der Waals surface area contributed by atoms with Gasteiger partial charge < -0.3 is 9.47 Å². The van der Waals surface area contributed by atoms with E-state index in [0.717, 1.165) is 22.9 Å². The van der Waals surface area contributed by atoms with Crippen molar-refractivity contribution < 1.29 is 19.1 Å². The number of thioether (sulfide) groups is 1. The van der Waals surface area contributed by atoms with Gasteiger partial charge in [0.15, 0.2) is 11.5 Å². The Balaban J connectivity index is 1.83. The first kappa shape index (κ1) is 18.4. The first-order chi connectivity index (χ1) is 12.5. The fourth-order valence-corrected chi connectivity index (χ4v) is 3.60. The summed E-state index contributed by atoms with van der Waals surface area (Å²) in [5.41, 5.74) is 1.54. The monoisotopic (exact) mass is 389 g/mol. The van der Waals surface area contributed by atoms with E-state index in [2.05, 4.69) is 0 Å². The molecule has 2 amide bonds. The van der Waals surface area contributed by atoms with Crippen LogP contribution in [0.4, 0.5) is 4.79 Å². The van der Waals surface area contributed by atoms with Crippen LogP contribution in [0.2, 0.25) is 5.02 Å². The maximum absolute atomic E-state index is 12.6. The second-order valence-corrected chi connectivity index (χ2v) is 6.94. The van der Waals surface area contributed by atoms with Gasteiger partial charge in [0.25, 0.3) is 11.1 Å². The molecule has 1 aliphatic heterocycles. The van der Waals surface area contributed by atoms with Gasteiger partial charge in [-0.1, -0.05) is 29.8 Å². The van der Waals surface area contributed by atoms with Gasteiger partial charge in [-0.05, 0) is 53.2 Å². The molecule has 1 fully saturated rings. The molecule has 0 saturated carbocycles. The van der Waals surface area contributed by atoms with Crippen LogP contribution in [0.5, 0.6) is 11.5 Å². The highest BCUT2D eigenvalue weighted by molar-refractivity contribution is 8.18. The van der Waals surface area contributed by atoms with Crippen LogP contribution in [-0.2, 0) is 11.3 Å². The third-order valence-electron chi connectivity index (χ3n) is 3.81. The average Bonchev–Trinajstić information content (AvgIpc) is 2.89. The summed E-state index contributed by atoms with van der Waals surface area (Å²) < 4.78 is 10.5. The van der Waals surface area contributed by atoms with Crippen molar-refractivity contribution in [1.82, 2.24) is 4.90 Å². The minimum Gasteiger partial charge on any atom is -0.493 e. The minimum atomic E-state index is -0.324. The smallest absolute Gasteiger partial charge is 0.293 e. The van der Waals surface area contributed by atoms with E-state index >= 15 is 0 Å². The summed E-state index contributed by atoms with van der Waals surface area (Å²) in [5, 5.41) is 0.261. The predicted molar refractivity (Wildman–Crippen MR) is 103 cm³/mol. The number of methoxy groups -OCH3 is 2. The van der Waals surface area contributed by atoms with Gasteiger partial charge in [-0.3, -0.25) is 14.5 Å². The number of benzene rings is 2. The van der Waals surface area contributed by atoms with Crippen LogP contribution in [0.3, 0.4) is 0 Å². The van der Waals surface area contributed by atoms with E-state index in [1.54, 1.807) is 56.7 Å². The molecule has 3 rings (SSSR count). The summed E-state index contributed by atoms with van der Waals surface area (Å²) in [5.74, 6) is 0.827. The lowest BCUT2D eigenvalue weighted by molar-refractivity contribution is -0.123. The van der Waals surface area contributed by atoms with E-state index in [1.165, 1.54) is 4.90 Å². The summed E-state index contributed by atoms with van der Waals surface area (Å²) >= 11 is 6.88. The van der Waals surface area contributed by atoms with Gasteiger partial charge in [-0.15, -0.1) is 0 Å². The zero-order valence-electron chi connectivity index (χ0n) is 14.2. The lowest BCUT2D eigenvalue weighted by atomic mass is 10.1. The first-order valence-electron chi connectivity index (χ1n) is 7.73. The molecule has 0 atom stereocenters. The van der Waals surface area contributed by atoms with Crippen molar-refractivity contribution in [3.05, 3.63) is 63.5 Å². The van der Waals surface area contributed by atoms with E-state index in [1.807, 2.05) is 6.07 Å². The Labute approximate surface area is 160 Å². The van der Waals surface area contributed by atoms with Crippen molar-refractivity contribution in [3.63, 3.8) is 0 Å². The van der Waals surface area contributed by atoms with E-state index in [9.17, 15) is 9.59 Å². The van der Waals surface area contributed by atoms with E-state index in [-0.39, 0.29) is 17.7 Å². The van der Waals surface area contributed by atoms with Gasteiger partial charge in [0.2, 0.25) is 0 Å². The topological polar surface area (TPSA) is 55.8 Å². The van der Waals surface area contributed by atoms with E-state index in [4.69, 9.17) is 21.1 Å². The maximum Gasteiger partial charge on any atom is 0.293 e. The molecule has 1 aliphatic rings. The molecule has 0 unspecified atom stereocenters. The van der Waals surface area contributed by atoms with Crippen LogP contribution in [0, 0.1) is 0 Å². The van der Waals surface area contributed by atoms with E-state index in [0.29, 0.717) is 21.4 Å².